The average molecular weight is 280 g/mol. The second kappa shape index (κ2) is 6.36. The van der Waals surface area contributed by atoms with E-state index in [1.807, 2.05) is 20.8 Å². The summed E-state index contributed by atoms with van der Waals surface area (Å²) in [4.78, 5) is 36.8. The van der Waals surface area contributed by atoms with E-state index in [-0.39, 0.29) is 17.5 Å². The van der Waals surface area contributed by atoms with E-state index in [4.69, 9.17) is 5.11 Å². The molecule has 1 unspecified atom stereocenters. The Morgan fingerprint density at radius 1 is 1.40 bits per heavy atom. The molecule has 6 nitrogen and oxygen atoms in total. The third kappa shape index (κ3) is 4.87. The van der Waals surface area contributed by atoms with Gasteiger partial charge in [-0.15, -0.1) is 0 Å². The van der Waals surface area contributed by atoms with Crippen LogP contribution < -0.4 is 10.9 Å². The lowest BCUT2D eigenvalue weighted by atomic mass is 9.84. The minimum absolute atomic E-state index is 0.000227. The molecule has 1 rings (SSSR count). The molecule has 0 spiro atoms. The van der Waals surface area contributed by atoms with Crippen molar-refractivity contribution in [3.05, 3.63) is 34.2 Å². The zero-order valence-electron chi connectivity index (χ0n) is 11.9. The maximum absolute atomic E-state index is 11.8. The number of aromatic nitrogens is 1. The van der Waals surface area contributed by atoms with E-state index >= 15 is 0 Å². The van der Waals surface area contributed by atoms with Crippen LogP contribution >= 0.6 is 0 Å². The number of hydrogen-bond acceptors (Lipinski definition) is 3. The van der Waals surface area contributed by atoms with Crippen molar-refractivity contribution in [3.63, 3.8) is 0 Å². The van der Waals surface area contributed by atoms with Gasteiger partial charge in [-0.3, -0.25) is 14.4 Å². The third-order valence-corrected chi connectivity index (χ3v) is 2.78. The van der Waals surface area contributed by atoms with Gasteiger partial charge in [0.25, 0.3) is 11.5 Å². The number of aromatic amines is 1. The number of carbonyl (C=O) groups excluding carboxylic acids is 1. The molecule has 1 heterocycles. The Kier molecular flexibility index (Phi) is 5.07. The van der Waals surface area contributed by atoms with Crippen LogP contribution in [0.5, 0.6) is 0 Å². The molecule has 1 amide bonds. The zero-order valence-corrected chi connectivity index (χ0v) is 11.9. The fraction of sp³-hybridized carbons (Fsp3) is 0.500. The molecule has 0 fully saturated rings. The lowest BCUT2D eigenvalue weighted by molar-refractivity contribution is -0.142. The van der Waals surface area contributed by atoms with Crippen LogP contribution in [0.1, 0.15) is 37.6 Å². The summed E-state index contributed by atoms with van der Waals surface area (Å²) in [5, 5.41) is 11.7. The van der Waals surface area contributed by atoms with E-state index in [0.29, 0.717) is 6.42 Å². The predicted molar refractivity (Wildman–Crippen MR) is 74.6 cm³/mol. The highest BCUT2D eigenvalue weighted by Gasteiger charge is 2.25. The van der Waals surface area contributed by atoms with Crippen LogP contribution in [0.15, 0.2) is 23.1 Å². The highest BCUT2D eigenvalue weighted by Crippen LogP contribution is 2.24. The number of carboxylic acids is 1. The highest BCUT2D eigenvalue weighted by atomic mass is 16.4. The van der Waals surface area contributed by atoms with Gasteiger partial charge in [-0.25, -0.2) is 0 Å². The second-order valence-corrected chi connectivity index (χ2v) is 5.92. The van der Waals surface area contributed by atoms with Gasteiger partial charge in [-0.05, 0) is 24.0 Å². The molecule has 20 heavy (non-hydrogen) atoms. The summed E-state index contributed by atoms with van der Waals surface area (Å²) in [6.45, 7) is 5.81. The van der Waals surface area contributed by atoms with E-state index in [2.05, 4.69) is 10.3 Å². The van der Waals surface area contributed by atoms with Gasteiger partial charge in [0, 0.05) is 12.7 Å². The Hall–Kier alpha value is -2.11. The molecular formula is C14H20N2O4. The first-order valence-electron chi connectivity index (χ1n) is 6.39. The number of nitrogens with one attached hydrogen (secondary N) is 2. The lowest BCUT2D eigenvalue weighted by Gasteiger charge is -2.23. The molecule has 110 valence electrons. The Balaban J connectivity index is 2.69. The van der Waals surface area contributed by atoms with Gasteiger partial charge in [0.1, 0.15) is 5.56 Å². The molecular weight excluding hydrogens is 260 g/mol. The molecule has 1 atom stereocenters. The molecule has 0 aliphatic heterocycles. The molecule has 0 aliphatic carbocycles. The number of carboxylic acid groups (broad SMARTS) is 1. The Bertz CT molecular complexity index is 543. The van der Waals surface area contributed by atoms with Gasteiger partial charge in [-0.1, -0.05) is 20.8 Å². The molecule has 0 saturated heterocycles. The van der Waals surface area contributed by atoms with Crippen LogP contribution in [-0.2, 0) is 4.79 Å². The van der Waals surface area contributed by atoms with Crippen LogP contribution in [-0.4, -0.2) is 28.5 Å². The smallest absolute Gasteiger partial charge is 0.308 e. The number of amides is 1. The number of pyridine rings is 1. The van der Waals surface area contributed by atoms with E-state index in [1.54, 1.807) is 6.07 Å². The van der Waals surface area contributed by atoms with Gasteiger partial charge < -0.3 is 15.4 Å². The van der Waals surface area contributed by atoms with Crippen molar-refractivity contribution < 1.29 is 14.7 Å². The Morgan fingerprint density at radius 3 is 2.55 bits per heavy atom. The first kappa shape index (κ1) is 15.9. The standard InChI is InChI=1S/C14H20N2O4/c1-14(2,3)7-9(13(19)20)8-16-12(18)10-5-4-6-15-11(10)17/h4-6,9H,7-8H2,1-3H3,(H,15,17)(H,16,18)(H,19,20). The first-order chi connectivity index (χ1) is 9.20. The van der Waals surface area contributed by atoms with Crippen molar-refractivity contribution >= 4 is 11.9 Å². The van der Waals surface area contributed by atoms with Crippen molar-refractivity contribution in [2.45, 2.75) is 27.2 Å². The summed E-state index contributed by atoms with van der Waals surface area (Å²) < 4.78 is 0. The van der Waals surface area contributed by atoms with Crippen LogP contribution in [0.2, 0.25) is 0 Å². The second-order valence-electron chi connectivity index (χ2n) is 5.92. The highest BCUT2D eigenvalue weighted by molar-refractivity contribution is 5.93. The quantitative estimate of drug-likeness (QED) is 0.755. The number of hydrogen-bond donors (Lipinski definition) is 3. The normalized spacial score (nSPS) is 12.8. The summed E-state index contributed by atoms with van der Waals surface area (Å²) in [5.74, 6) is -2.20. The van der Waals surface area contributed by atoms with Crippen LogP contribution in [0.4, 0.5) is 0 Å². The molecule has 0 aromatic carbocycles. The SMILES string of the molecule is CC(C)(C)CC(CNC(=O)c1ccc[nH]c1=O)C(=O)O. The van der Waals surface area contributed by atoms with E-state index < -0.39 is 23.4 Å². The van der Waals surface area contributed by atoms with Gasteiger partial charge in [0.15, 0.2) is 0 Å². The topological polar surface area (TPSA) is 99.3 Å². The van der Waals surface area contributed by atoms with Crippen LogP contribution in [0.25, 0.3) is 0 Å². The van der Waals surface area contributed by atoms with Gasteiger partial charge >= 0.3 is 5.97 Å². The van der Waals surface area contributed by atoms with E-state index in [0.717, 1.165) is 0 Å². The first-order valence-corrected chi connectivity index (χ1v) is 6.39. The van der Waals surface area contributed by atoms with Gasteiger partial charge in [0.05, 0.1) is 5.92 Å². The van der Waals surface area contributed by atoms with Crippen molar-refractivity contribution in [3.8, 4) is 0 Å². The Labute approximate surface area is 117 Å². The maximum Gasteiger partial charge on any atom is 0.308 e. The summed E-state index contributed by atoms with van der Waals surface area (Å²) in [7, 11) is 0. The minimum Gasteiger partial charge on any atom is -0.481 e. The summed E-state index contributed by atoms with van der Waals surface area (Å²) in [6.07, 6.45) is 1.87. The fourth-order valence-corrected chi connectivity index (χ4v) is 1.90. The number of rotatable bonds is 5. The molecule has 0 saturated carbocycles. The molecule has 6 heteroatoms. The molecule has 1 aromatic heterocycles. The van der Waals surface area contributed by atoms with Crippen molar-refractivity contribution in [2.75, 3.05) is 6.54 Å². The summed E-state index contributed by atoms with van der Waals surface area (Å²) in [6, 6.07) is 2.94. The molecule has 1 aromatic rings. The van der Waals surface area contributed by atoms with Crippen molar-refractivity contribution in [1.29, 1.82) is 0 Å². The van der Waals surface area contributed by atoms with Gasteiger partial charge in [0.2, 0.25) is 0 Å². The summed E-state index contributed by atoms with van der Waals surface area (Å²) >= 11 is 0. The van der Waals surface area contributed by atoms with Gasteiger partial charge in [-0.2, -0.15) is 0 Å². The van der Waals surface area contributed by atoms with E-state index in [9.17, 15) is 14.4 Å². The van der Waals surface area contributed by atoms with Crippen molar-refractivity contribution in [2.24, 2.45) is 11.3 Å². The molecule has 0 radical (unpaired) electrons. The molecule has 0 bridgehead atoms. The molecule has 0 aliphatic rings. The number of H-pyrrole nitrogens is 1. The minimum atomic E-state index is -0.956. The fourth-order valence-electron chi connectivity index (χ4n) is 1.90. The number of carbonyl (C=O) groups is 2. The number of aliphatic carboxylic acids is 1. The van der Waals surface area contributed by atoms with E-state index in [1.165, 1.54) is 12.3 Å². The van der Waals surface area contributed by atoms with Crippen LogP contribution in [0, 0.1) is 11.3 Å². The van der Waals surface area contributed by atoms with Crippen LogP contribution in [0.3, 0.4) is 0 Å². The molecule has 3 N–H and O–H groups in total. The monoisotopic (exact) mass is 280 g/mol. The largest absolute Gasteiger partial charge is 0.481 e. The lowest BCUT2D eigenvalue weighted by Crippen LogP contribution is -2.37. The maximum atomic E-state index is 11.8. The average Bonchev–Trinajstić information content (AvgIpc) is 2.33. The zero-order chi connectivity index (χ0) is 15.3. The third-order valence-electron chi connectivity index (χ3n) is 2.78. The summed E-state index contributed by atoms with van der Waals surface area (Å²) in [5.41, 5.74) is -0.669. The Morgan fingerprint density at radius 2 is 2.05 bits per heavy atom. The van der Waals surface area contributed by atoms with Crippen molar-refractivity contribution in [1.82, 2.24) is 10.3 Å². The predicted octanol–water partition coefficient (Wildman–Crippen LogP) is 1.24.